The number of phenolic OH excluding ortho intramolecular Hbond substituents is 1. The predicted molar refractivity (Wildman–Crippen MR) is 136 cm³/mol. The van der Waals surface area contributed by atoms with E-state index in [1.165, 1.54) is 13.2 Å². The number of anilines is 1. The van der Waals surface area contributed by atoms with Crippen LogP contribution in [0.1, 0.15) is 38.3 Å². The fourth-order valence-corrected chi connectivity index (χ4v) is 3.37. The normalized spacial score (nSPS) is 12.4. The van der Waals surface area contributed by atoms with Crippen LogP contribution in [0.4, 0.5) is 5.69 Å². The molecule has 0 aromatic heterocycles. The van der Waals surface area contributed by atoms with Crippen LogP contribution in [0.3, 0.4) is 0 Å². The van der Waals surface area contributed by atoms with E-state index in [-0.39, 0.29) is 30.3 Å². The van der Waals surface area contributed by atoms with Crippen LogP contribution in [0.5, 0.6) is 5.75 Å². The van der Waals surface area contributed by atoms with Crippen LogP contribution in [0.15, 0.2) is 60.3 Å². The first kappa shape index (κ1) is 27.4. The third-order valence-corrected chi connectivity index (χ3v) is 5.38. The summed E-state index contributed by atoms with van der Waals surface area (Å²) in [5.41, 5.74) is 1.89. The van der Waals surface area contributed by atoms with E-state index in [2.05, 4.69) is 16.0 Å². The summed E-state index contributed by atoms with van der Waals surface area (Å²) < 4.78 is 4.81. The molecule has 4 N–H and O–H groups in total. The number of rotatable bonds is 10. The summed E-state index contributed by atoms with van der Waals surface area (Å²) in [6.07, 6.45) is 2.17. The Balaban J connectivity index is 2.05. The van der Waals surface area contributed by atoms with Crippen molar-refractivity contribution in [2.24, 2.45) is 5.41 Å². The second-order valence-corrected chi connectivity index (χ2v) is 9.33. The average Bonchev–Trinajstić information content (AvgIpc) is 2.82. The molecule has 2 aromatic rings. The Bertz CT molecular complexity index is 1060. The number of carbonyl (C=O) groups is 3. The lowest BCUT2D eigenvalue weighted by Gasteiger charge is -2.30. The molecule has 0 radical (unpaired) electrons. The number of ether oxygens (including phenoxy) is 1. The molecule has 188 valence electrons. The number of amides is 2. The first-order valence-electron chi connectivity index (χ1n) is 11.5. The van der Waals surface area contributed by atoms with Gasteiger partial charge >= 0.3 is 5.97 Å². The van der Waals surface area contributed by atoms with Gasteiger partial charge in [0.25, 0.3) is 0 Å². The van der Waals surface area contributed by atoms with Crippen molar-refractivity contribution in [2.75, 3.05) is 19.0 Å². The minimum atomic E-state index is -0.883. The molecule has 0 spiro atoms. The third-order valence-electron chi connectivity index (χ3n) is 5.38. The molecule has 35 heavy (non-hydrogen) atoms. The molecule has 0 bridgehead atoms. The second kappa shape index (κ2) is 12.6. The zero-order valence-corrected chi connectivity index (χ0v) is 21.0. The van der Waals surface area contributed by atoms with E-state index >= 15 is 0 Å². The molecule has 0 saturated carbocycles. The summed E-state index contributed by atoms with van der Waals surface area (Å²) >= 11 is 0. The van der Waals surface area contributed by atoms with Crippen molar-refractivity contribution < 1.29 is 24.2 Å². The monoisotopic (exact) mass is 481 g/mol. The van der Waals surface area contributed by atoms with Gasteiger partial charge in [-0.2, -0.15) is 0 Å². The van der Waals surface area contributed by atoms with Gasteiger partial charge in [0.1, 0.15) is 17.5 Å². The highest BCUT2D eigenvalue weighted by Crippen LogP contribution is 2.21. The van der Waals surface area contributed by atoms with Gasteiger partial charge in [0, 0.05) is 18.7 Å². The van der Waals surface area contributed by atoms with Crippen LogP contribution in [0, 0.1) is 12.3 Å². The number of aromatic hydroxyl groups is 1. The number of hydrogen-bond donors (Lipinski definition) is 4. The number of carbonyl (C=O) groups excluding carboxylic acids is 3. The van der Waals surface area contributed by atoms with Gasteiger partial charge in [-0.05, 0) is 54.2 Å². The highest BCUT2D eigenvalue weighted by atomic mass is 16.5. The van der Waals surface area contributed by atoms with E-state index < -0.39 is 23.3 Å². The van der Waals surface area contributed by atoms with E-state index in [0.29, 0.717) is 6.42 Å². The van der Waals surface area contributed by atoms with Crippen LogP contribution in [-0.4, -0.2) is 42.6 Å². The van der Waals surface area contributed by atoms with Gasteiger partial charge in [0.15, 0.2) is 0 Å². The summed E-state index contributed by atoms with van der Waals surface area (Å²) in [6, 6.07) is 13.7. The number of nitrogens with one attached hydrogen (secondary N) is 3. The zero-order valence-electron chi connectivity index (χ0n) is 21.0. The Labute approximate surface area is 206 Å². The van der Waals surface area contributed by atoms with Gasteiger partial charge in [-0.15, -0.1) is 0 Å². The lowest BCUT2D eigenvalue weighted by atomic mass is 9.86. The van der Waals surface area contributed by atoms with Crippen LogP contribution in [0.25, 0.3) is 0 Å². The average molecular weight is 482 g/mol. The Morgan fingerprint density at radius 2 is 1.77 bits per heavy atom. The number of esters is 1. The predicted octanol–water partition coefficient (Wildman–Crippen LogP) is 3.45. The highest BCUT2D eigenvalue weighted by molar-refractivity contribution is 5.97. The molecule has 2 aromatic carbocycles. The maximum atomic E-state index is 13.1. The van der Waals surface area contributed by atoms with Crippen LogP contribution >= 0.6 is 0 Å². The molecule has 2 amide bonds. The molecular formula is C27H35N3O5. The van der Waals surface area contributed by atoms with Crippen LogP contribution in [-0.2, 0) is 25.5 Å². The Hall–Kier alpha value is -3.81. The molecule has 8 nitrogen and oxygen atoms in total. The van der Waals surface area contributed by atoms with E-state index in [1.807, 2.05) is 57.2 Å². The van der Waals surface area contributed by atoms with Crippen molar-refractivity contribution >= 4 is 23.5 Å². The van der Waals surface area contributed by atoms with Crippen LogP contribution in [0.2, 0.25) is 0 Å². The molecule has 0 heterocycles. The van der Waals surface area contributed by atoms with E-state index in [4.69, 9.17) is 4.74 Å². The maximum absolute atomic E-state index is 13.1. The maximum Gasteiger partial charge on any atom is 0.354 e. The quantitative estimate of drug-likeness (QED) is 0.305. The Morgan fingerprint density at radius 3 is 2.37 bits per heavy atom. The van der Waals surface area contributed by atoms with E-state index in [1.54, 1.807) is 19.1 Å². The molecule has 0 aliphatic carbocycles. The zero-order chi connectivity index (χ0) is 26.0. The van der Waals surface area contributed by atoms with Crippen molar-refractivity contribution in [3.05, 3.63) is 71.4 Å². The SMILES string of the molecule is COC(=O)/C(=C\CNc1ccccc1)NC(=O)C(NC(=O)CCc1ccc(O)c(C)c1)C(C)(C)C. The minimum absolute atomic E-state index is 0.0102. The molecule has 1 unspecified atom stereocenters. The largest absolute Gasteiger partial charge is 0.508 e. The fourth-order valence-electron chi connectivity index (χ4n) is 3.37. The van der Waals surface area contributed by atoms with Crippen molar-refractivity contribution in [1.29, 1.82) is 0 Å². The van der Waals surface area contributed by atoms with Gasteiger partial charge in [-0.1, -0.05) is 51.1 Å². The molecule has 1 atom stereocenters. The van der Waals surface area contributed by atoms with Crippen molar-refractivity contribution in [3.8, 4) is 5.75 Å². The van der Waals surface area contributed by atoms with Gasteiger partial charge in [0.2, 0.25) is 11.8 Å². The Morgan fingerprint density at radius 1 is 1.09 bits per heavy atom. The summed E-state index contributed by atoms with van der Waals surface area (Å²) in [4.78, 5) is 38.1. The molecular weight excluding hydrogens is 446 g/mol. The summed E-state index contributed by atoms with van der Waals surface area (Å²) in [5, 5.41) is 18.2. The summed E-state index contributed by atoms with van der Waals surface area (Å²) in [5.74, 6) is -1.28. The molecule has 2 rings (SSSR count). The highest BCUT2D eigenvalue weighted by Gasteiger charge is 2.33. The van der Waals surface area contributed by atoms with Crippen LogP contribution < -0.4 is 16.0 Å². The van der Waals surface area contributed by atoms with Gasteiger partial charge < -0.3 is 25.8 Å². The lowest BCUT2D eigenvalue weighted by molar-refractivity contribution is -0.138. The topological polar surface area (TPSA) is 117 Å². The van der Waals surface area contributed by atoms with Gasteiger partial charge in [-0.25, -0.2) is 4.79 Å². The van der Waals surface area contributed by atoms with Crippen molar-refractivity contribution in [2.45, 2.75) is 46.6 Å². The lowest BCUT2D eigenvalue weighted by Crippen LogP contribution is -2.54. The summed E-state index contributed by atoms with van der Waals surface area (Å²) in [6.45, 7) is 7.58. The standard InChI is InChI=1S/C27H35N3O5/c1-18-17-19(11-13-22(18)31)12-14-23(32)30-24(27(2,3)4)25(33)29-21(26(34)35-5)15-16-28-20-9-7-6-8-10-20/h6-11,13,15,17,24,28,31H,12,14,16H2,1-5H3,(H,29,33)(H,30,32)/b21-15+. The third kappa shape index (κ3) is 8.81. The molecule has 0 saturated heterocycles. The summed E-state index contributed by atoms with van der Waals surface area (Å²) in [7, 11) is 1.24. The van der Waals surface area contributed by atoms with Gasteiger partial charge in [0.05, 0.1) is 7.11 Å². The minimum Gasteiger partial charge on any atom is -0.508 e. The number of phenols is 1. The first-order chi connectivity index (χ1) is 16.5. The second-order valence-electron chi connectivity index (χ2n) is 9.33. The molecule has 8 heteroatoms. The van der Waals surface area contributed by atoms with Crippen molar-refractivity contribution in [3.63, 3.8) is 0 Å². The number of hydrogen-bond acceptors (Lipinski definition) is 6. The fraction of sp³-hybridized carbons (Fsp3) is 0.370. The van der Waals surface area contributed by atoms with Crippen molar-refractivity contribution in [1.82, 2.24) is 10.6 Å². The van der Waals surface area contributed by atoms with Gasteiger partial charge in [-0.3, -0.25) is 9.59 Å². The molecule has 0 fully saturated rings. The smallest absolute Gasteiger partial charge is 0.354 e. The van der Waals surface area contributed by atoms with E-state index in [9.17, 15) is 19.5 Å². The first-order valence-corrected chi connectivity index (χ1v) is 11.5. The number of aryl methyl sites for hydroxylation is 2. The van der Waals surface area contributed by atoms with E-state index in [0.717, 1.165) is 16.8 Å². The number of benzene rings is 2. The molecule has 0 aliphatic rings. The number of para-hydroxylation sites is 1. The Kier molecular flexibility index (Phi) is 9.87. The number of methoxy groups -OCH3 is 1. The molecule has 0 aliphatic heterocycles.